The van der Waals surface area contributed by atoms with Crippen LogP contribution in [-0.2, 0) is 6.42 Å². The Kier molecular flexibility index (Phi) is 7.81. The molecule has 1 amide bonds. The number of carbonyl (C=O) groups excluding carboxylic acids is 1. The second-order valence-electron chi connectivity index (χ2n) is 6.07. The Bertz CT molecular complexity index is 826. The number of nitrogens with one attached hydrogen (secondary N) is 1. The van der Waals surface area contributed by atoms with Crippen molar-refractivity contribution >= 4 is 32.2 Å². The molecule has 3 nitrogen and oxygen atoms in total. The molecule has 0 aliphatic carbocycles. The number of halogens is 2. The smallest absolute Gasteiger partial charge is 0.280 e. The minimum Gasteiger partial charge on any atom is -0.351 e. The van der Waals surface area contributed by atoms with Gasteiger partial charge in [0, 0.05) is 19.2 Å². The number of benzene rings is 1. The average molecular weight is 408 g/mol. The van der Waals surface area contributed by atoms with Gasteiger partial charge in [0.25, 0.3) is 11.6 Å². The number of alkyl halides is 2. The highest BCUT2D eigenvalue weighted by Crippen LogP contribution is 2.31. The Morgan fingerprint density at radius 1 is 1.22 bits per heavy atom. The quantitative estimate of drug-likeness (QED) is 0.375. The lowest BCUT2D eigenvalue weighted by molar-refractivity contribution is 0.0957. The first-order chi connectivity index (χ1) is 12.8. The molecular formula is C20H23F2N2OPS. The highest BCUT2D eigenvalue weighted by Gasteiger charge is 2.24. The maximum Gasteiger partial charge on any atom is 0.280 e. The number of amides is 1. The van der Waals surface area contributed by atoms with Crippen molar-refractivity contribution in [1.29, 1.82) is 0 Å². The van der Waals surface area contributed by atoms with Gasteiger partial charge in [-0.25, -0.2) is 0 Å². The number of rotatable bonds is 8. The maximum atomic E-state index is 13.3. The fourth-order valence-electron chi connectivity index (χ4n) is 2.37. The Labute approximate surface area is 164 Å². The van der Waals surface area contributed by atoms with Crippen molar-refractivity contribution in [2.45, 2.75) is 25.4 Å². The number of hydrogen-bond acceptors (Lipinski definition) is 3. The van der Waals surface area contributed by atoms with Gasteiger partial charge in [0.05, 0.1) is 15.5 Å². The van der Waals surface area contributed by atoms with E-state index in [0.29, 0.717) is 22.0 Å². The van der Waals surface area contributed by atoms with Gasteiger partial charge in [-0.3, -0.25) is 9.79 Å². The molecule has 1 heterocycles. The molecule has 0 bridgehead atoms. The molecule has 1 N–H and O–H groups in total. The van der Waals surface area contributed by atoms with Crippen LogP contribution in [-0.4, -0.2) is 30.9 Å². The largest absolute Gasteiger partial charge is 0.351 e. The summed E-state index contributed by atoms with van der Waals surface area (Å²) in [7, 11) is 3.06. The van der Waals surface area contributed by atoms with Gasteiger partial charge < -0.3 is 5.32 Å². The molecule has 0 spiro atoms. The van der Waals surface area contributed by atoms with E-state index >= 15 is 0 Å². The van der Waals surface area contributed by atoms with Gasteiger partial charge in [0.1, 0.15) is 0 Å². The van der Waals surface area contributed by atoms with E-state index < -0.39 is 5.66 Å². The van der Waals surface area contributed by atoms with Crippen molar-refractivity contribution in [3.8, 4) is 0 Å². The molecule has 2 rings (SSSR count). The van der Waals surface area contributed by atoms with E-state index in [0.717, 1.165) is 12.8 Å². The monoisotopic (exact) mass is 408 g/mol. The SMILES string of the molecule is CN=C(/C=C(\C)C(F)(F)P)c1ccc(C(=O)NCCCc2ccccc2)s1. The van der Waals surface area contributed by atoms with Crippen LogP contribution in [0.25, 0.3) is 0 Å². The van der Waals surface area contributed by atoms with E-state index in [9.17, 15) is 13.6 Å². The fraction of sp³-hybridized carbons (Fsp3) is 0.300. The first-order valence-corrected chi connectivity index (χ1v) is 9.95. The molecule has 0 aliphatic rings. The van der Waals surface area contributed by atoms with E-state index in [2.05, 4.69) is 22.4 Å². The summed E-state index contributed by atoms with van der Waals surface area (Å²) in [4.78, 5) is 17.6. The molecule has 1 unspecified atom stereocenters. The number of carbonyl (C=O) groups is 1. The number of thiophene rings is 1. The van der Waals surface area contributed by atoms with Crippen LogP contribution in [0.5, 0.6) is 0 Å². The summed E-state index contributed by atoms with van der Waals surface area (Å²) in [5.74, 6) is -0.160. The van der Waals surface area contributed by atoms with Gasteiger partial charge in [-0.1, -0.05) is 39.6 Å². The lowest BCUT2D eigenvalue weighted by atomic mass is 10.1. The summed E-state index contributed by atoms with van der Waals surface area (Å²) >= 11 is 1.24. The number of nitrogens with zero attached hydrogens (tertiary/aromatic N) is 1. The third-order valence-corrected chi connectivity index (χ3v) is 5.53. The van der Waals surface area contributed by atoms with Crippen LogP contribution in [0.4, 0.5) is 8.78 Å². The van der Waals surface area contributed by atoms with Crippen molar-refractivity contribution in [2.75, 3.05) is 13.6 Å². The number of allylic oxidation sites excluding steroid dienone is 2. The third kappa shape index (κ3) is 6.64. The molecule has 2 aromatic rings. The Morgan fingerprint density at radius 2 is 1.89 bits per heavy atom. The van der Waals surface area contributed by atoms with Gasteiger partial charge in [-0.05, 0) is 43.5 Å². The van der Waals surface area contributed by atoms with Crippen molar-refractivity contribution in [3.05, 3.63) is 69.4 Å². The molecular weight excluding hydrogens is 385 g/mol. The van der Waals surface area contributed by atoms with Crippen LogP contribution < -0.4 is 5.32 Å². The summed E-state index contributed by atoms with van der Waals surface area (Å²) in [6.45, 7) is 1.93. The Balaban J connectivity index is 1.92. The zero-order valence-corrected chi connectivity index (χ0v) is 17.3. The molecule has 1 aromatic carbocycles. The highest BCUT2D eigenvalue weighted by molar-refractivity contribution is 7.18. The molecule has 27 heavy (non-hydrogen) atoms. The lowest BCUT2D eigenvalue weighted by Crippen LogP contribution is -2.23. The van der Waals surface area contributed by atoms with Gasteiger partial charge >= 0.3 is 0 Å². The number of aryl methyl sites for hydroxylation is 1. The molecule has 0 fully saturated rings. The zero-order chi connectivity index (χ0) is 19.9. The molecule has 0 radical (unpaired) electrons. The normalized spacial score (nSPS) is 12.9. The van der Waals surface area contributed by atoms with Crippen molar-refractivity contribution in [1.82, 2.24) is 5.32 Å². The standard InChI is InChI=1S/C20H23F2N2OPS/c1-14(20(21,22)26)13-16(23-2)17-10-11-18(27-17)19(25)24-12-6-9-15-7-4-3-5-8-15/h3-5,7-8,10-11,13H,6,9,12,26H2,1-2H3,(H,24,25)/b14-13+,23-16?. The average Bonchev–Trinajstić information content (AvgIpc) is 3.13. The van der Waals surface area contributed by atoms with Crippen LogP contribution >= 0.6 is 20.6 Å². The minimum absolute atomic E-state index is 0.103. The predicted octanol–water partition coefficient (Wildman–Crippen LogP) is 4.94. The molecule has 7 heteroatoms. The third-order valence-electron chi connectivity index (χ3n) is 3.97. The second kappa shape index (κ2) is 9.86. The molecule has 0 saturated heterocycles. The minimum atomic E-state index is -2.98. The van der Waals surface area contributed by atoms with Gasteiger partial charge in [0.15, 0.2) is 0 Å². The summed E-state index contributed by atoms with van der Waals surface area (Å²) in [5, 5.41) is 2.90. The van der Waals surface area contributed by atoms with Crippen molar-refractivity contribution in [2.24, 2.45) is 4.99 Å². The van der Waals surface area contributed by atoms with Gasteiger partial charge in [0.2, 0.25) is 0 Å². The fourth-order valence-corrected chi connectivity index (χ4v) is 3.38. The number of aliphatic imine (C=N–C) groups is 1. The van der Waals surface area contributed by atoms with Crippen molar-refractivity contribution < 1.29 is 13.6 Å². The van der Waals surface area contributed by atoms with Crippen molar-refractivity contribution in [3.63, 3.8) is 0 Å². The maximum absolute atomic E-state index is 13.3. The van der Waals surface area contributed by atoms with Crippen LogP contribution in [0, 0.1) is 0 Å². The molecule has 0 aliphatic heterocycles. The molecule has 1 aromatic heterocycles. The number of hydrogen-bond donors (Lipinski definition) is 1. The van der Waals surface area contributed by atoms with Gasteiger partial charge in [-0.15, -0.1) is 11.3 Å². The zero-order valence-electron chi connectivity index (χ0n) is 15.3. The summed E-state index contributed by atoms with van der Waals surface area (Å²) in [6.07, 6.45) is 3.10. The Hall–Kier alpha value is -1.91. The first kappa shape index (κ1) is 21.4. The molecule has 1 atom stereocenters. The summed E-state index contributed by atoms with van der Waals surface area (Å²) in [6, 6.07) is 13.5. The highest BCUT2D eigenvalue weighted by atomic mass is 32.1. The summed E-state index contributed by atoms with van der Waals surface area (Å²) < 4.78 is 26.7. The lowest BCUT2D eigenvalue weighted by Gasteiger charge is -2.10. The van der Waals surface area contributed by atoms with E-state index in [-0.39, 0.29) is 11.5 Å². The van der Waals surface area contributed by atoms with Crippen LogP contribution in [0.1, 0.15) is 33.5 Å². The molecule has 144 valence electrons. The second-order valence-corrected chi connectivity index (χ2v) is 7.88. The molecule has 0 saturated carbocycles. The topological polar surface area (TPSA) is 41.5 Å². The van der Waals surface area contributed by atoms with E-state index in [1.807, 2.05) is 18.2 Å². The van der Waals surface area contributed by atoms with E-state index in [1.165, 1.54) is 39.1 Å². The Morgan fingerprint density at radius 3 is 2.52 bits per heavy atom. The predicted molar refractivity (Wildman–Crippen MR) is 112 cm³/mol. The summed E-state index contributed by atoms with van der Waals surface area (Å²) in [5.41, 5.74) is -1.41. The van der Waals surface area contributed by atoms with Crippen LogP contribution in [0.15, 0.2) is 59.1 Å². The first-order valence-electron chi connectivity index (χ1n) is 8.56. The van der Waals surface area contributed by atoms with E-state index in [1.54, 1.807) is 19.2 Å². The van der Waals surface area contributed by atoms with Crippen LogP contribution in [0.3, 0.4) is 0 Å². The van der Waals surface area contributed by atoms with Gasteiger partial charge in [-0.2, -0.15) is 8.78 Å². The van der Waals surface area contributed by atoms with E-state index in [4.69, 9.17) is 0 Å². The van der Waals surface area contributed by atoms with Crippen LogP contribution in [0.2, 0.25) is 0 Å².